The number of likely N-dealkylation sites (tertiary alicyclic amines) is 1. The third kappa shape index (κ3) is 3.93. The van der Waals surface area contributed by atoms with E-state index < -0.39 is 0 Å². The first-order valence-corrected chi connectivity index (χ1v) is 9.66. The van der Waals surface area contributed by atoms with Crippen molar-refractivity contribution in [3.8, 4) is 17.1 Å². The second-order valence-corrected chi connectivity index (χ2v) is 7.53. The van der Waals surface area contributed by atoms with Crippen LogP contribution in [0.25, 0.3) is 11.4 Å². The van der Waals surface area contributed by atoms with Crippen molar-refractivity contribution in [2.45, 2.75) is 36.7 Å². The highest BCUT2D eigenvalue weighted by Crippen LogP contribution is 2.29. The summed E-state index contributed by atoms with van der Waals surface area (Å²) in [6, 6.07) is 7.70. The number of allylic oxidation sites excluding steroid dienone is 1. The van der Waals surface area contributed by atoms with Crippen LogP contribution < -0.4 is 4.74 Å². The second kappa shape index (κ2) is 8.40. The van der Waals surface area contributed by atoms with Crippen LogP contribution in [0.2, 0.25) is 0 Å². The van der Waals surface area contributed by atoms with Crippen molar-refractivity contribution < 1.29 is 9.53 Å². The molecule has 1 saturated heterocycles. The van der Waals surface area contributed by atoms with Gasteiger partial charge in [0.05, 0.1) is 12.4 Å². The van der Waals surface area contributed by atoms with Gasteiger partial charge in [-0.1, -0.05) is 17.8 Å². The minimum Gasteiger partial charge on any atom is -0.497 e. The van der Waals surface area contributed by atoms with Gasteiger partial charge < -0.3 is 9.64 Å². The number of carbonyl (C=O) groups is 1. The second-order valence-electron chi connectivity index (χ2n) is 6.23. The zero-order valence-corrected chi connectivity index (χ0v) is 16.0. The van der Waals surface area contributed by atoms with E-state index in [4.69, 9.17) is 4.74 Å². The van der Waals surface area contributed by atoms with Gasteiger partial charge in [0.15, 0.2) is 11.0 Å². The zero-order chi connectivity index (χ0) is 18.5. The summed E-state index contributed by atoms with van der Waals surface area (Å²) in [5.74, 6) is 1.73. The average Bonchev–Trinajstić information content (AvgIpc) is 3.32. The summed E-state index contributed by atoms with van der Waals surface area (Å²) in [5.41, 5.74) is 0.950. The van der Waals surface area contributed by atoms with Gasteiger partial charge >= 0.3 is 0 Å². The molecule has 26 heavy (non-hydrogen) atoms. The topological polar surface area (TPSA) is 60.2 Å². The first-order chi connectivity index (χ1) is 12.6. The van der Waals surface area contributed by atoms with E-state index in [1.165, 1.54) is 11.8 Å². The molecular formula is C19H24N4O2S. The lowest BCUT2D eigenvalue weighted by molar-refractivity contribution is -0.129. The number of benzene rings is 1. The van der Waals surface area contributed by atoms with Crippen LogP contribution in [-0.4, -0.2) is 51.0 Å². The summed E-state index contributed by atoms with van der Waals surface area (Å²) in [7, 11) is 1.64. The Bertz CT molecular complexity index is 766. The van der Waals surface area contributed by atoms with Crippen LogP contribution >= 0.6 is 11.8 Å². The molecule has 0 unspecified atom stereocenters. The van der Waals surface area contributed by atoms with Crippen LogP contribution in [0.1, 0.15) is 19.8 Å². The van der Waals surface area contributed by atoms with Crippen molar-refractivity contribution in [2.75, 3.05) is 20.2 Å². The highest BCUT2D eigenvalue weighted by atomic mass is 32.2. The van der Waals surface area contributed by atoms with Gasteiger partial charge in [-0.05, 0) is 44.0 Å². The number of aromatic nitrogens is 3. The quantitative estimate of drug-likeness (QED) is 0.552. The Labute approximate surface area is 158 Å². The zero-order valence-electron chi connectivity index (χ0n) is 15.2. The van der Waals surface area contributed by atoms with Crippen LogP contribution in [0.5, 0.6) is 5.75 Å². The number of hydrogen-bond acceptors (Lipinski definition) is 5. The van der Waals surface area contributed by atoms with E-state index in [1.807, 2.05) is 46.7 Å². The largest absolute Gasteiger partial charge is 0.497 e. The molecule has 1 atom stereocenters. The lowest BCUT2D eigenvalue weighted by Crippen LogP contribution is -2.34. The summed E-state index contributed by atoms with van der Waals surface area (Å²) >= 11 is 1.45. The molecule has 0 aliphatic carbocycles. The summed E-state index contributed by atoms with van der Waals surface area (Å²) < 4.78 is 7.20. The molecule has 1 aliphatic rings. The third-order valence-electron chi connectivity index (χ3n) is 4.42. The number of thioether (sulfide) groups is 1. The van der Waals surface area contributed by atoms with E-state index in [9.17, 15) is 4.79 Å². The molecule has 7 heteroatoms. The Kier molecular flexibility index (Phi) is 5.98. The van der Waals surface area contributed by atoms with Crippen LogP contribution in [0.4, 0.5) is 0 Å². The van der Waals surface area contributed by atoms with Crippen molar-refractivity contribution in [3.63, 3.8) is 0 Å². The fourth-order valence-corrected chi connectivity index (χ4v) is 3.97. The number of hydrogen-bond donors (Lipinski definition) is 0. The summed E-state index contributed by atoms with van der Waals surface area (Å²) in [4.78, 5) is 14.5. The maximum atomic E-state index is 12.6. The molecule has 1 aromatic heterocycles. The highest BCUT2D eigenvalue weighted by molar-refractivity contribution is 8.00. The van der Waals surface area contributed by atoms with E-state index in [1.54, 1.807) is 7.11 Å². The molecule has 0 saturated carbocycles. The van der Waals surface area contributed by atoms with Crippen LogP contribution in [0.15, 0.2) is 42.1 Å². The molecule has 1 fully saturated rings. The Morgan fingerprint density at radius 3 is 2.62 bits per heavy atom. The molecule has 0 bridgehead atoms. The van der Waals surface area contributed by atoms with Gasteiger partial charge in [-0.15, -0.1) is 16.8 Å². The summed E-state index contributed by atoms with van der Waals surface area (Å²) in [6.07, 6.45) is 4.00. The van der Waals surface area contributed by atoms with Gasteiger partial charge in [-0.3, -0.25) is 9.36 Å². The number of nitrogens with zero attached hydrogens (tertiary/aromatic N) is 4. The fraction of sp³-hybridized carbons (Fsp3) is 0.421. The fourth-order valence-electron chi connectivity index (χ4n) is 3.03. The normalized spacial score (nSPS) is 15.1. The SMILES string of the molecule is C=CCn1c(S[C@@H](C)C(=O)N2CCCC2)nnc1-c1ccc(OC)cc1. The van der Waals surface area contributed by atoms with Crippen molar-refractivity contribution in [3.05, 3.63) is 36.9 Å². The molecule has 0 radical (unpaired) electrons. The van der Waals surface area contributed by atoms with Gasteiger partial charge in [0.1, 0.15) is 5.75 Å². The lowest BCUT2D eigenvalue weighted by Gasteiger charge is -2.19. The Morgan fingerprint density at radius 1 is 1.31 bits per heavy atom. The van der Waals surface area contributed by atoms with Crippen molar-refractivity contribution in [2.24, 2.45) is 0 Å². The molecular weight excluding hydrogens is 348 g/mol. The molecule has 2 aromatic rings. The molecule has 1 aromatic carbocycles. The maximum Gasteiger partial charge on any atom is 0.235 e. The molecule has 2 heterocycles. The van der Waals surface area contributed by atoms with Gasteiger partial charge in [0.25, 0.3) is 0 Å². The molecule has 1 amide bonds. The first-order valence-electron chi connectivity index (χ1n) is 8.78. The van der Waals surface area contributed by atoms with Gasteiger partial charge in [0, 0.05) is 25.2 Å². The van der Waals surface area contributed by atoms with Crippen molar-refractivity contribution in [1.82, 2.24) is 19.7 Å². The number of methoxy groups -OCH3 is 1. The molecule has 0 spiro atoms. The van der Waals surface area contributed by atoms with Crippen LogP contribution in [-0.2, 0) is 11.3 Å². The third-order valence-corrected chi connectivity index (χ3v) is 5.49. The van der Waals surface area contributed by atoms with Gasteiger partial charge in [-0.2, -0.15) is 0 Å². The predicted octanol–water partition coefficient (Wildman–Crippen LogP) is 3.24. The van der Waals surface area contributed by atoms with Gasteiger partial charge in [0.2, 0.25) is 5.91 Å². The molecule has 138 valence electrons. The van der Waals surface area contributed by atoms with E-state index >= 15 is 0 Å². The molecule has 0 N–H and O–H groups in total. The average molecular weight is 372 g/mol. The maximum absolute atomic E-state index is 12.6. The van der Waals surface area contributed by atoms with Crippen molar-refractivity contribution in [1.29, 1.82) is 0 Å². The number of rotatable bonds is 7. The number of ether oxygens (including phenoxy) is 1. The highest BCUT2D eigenvalue weighted by Gasteiger charge is 2.26. The standard InChI is InChI=1S/C19H24N4O2S/c1-4-11-23-17(15-7-9-16(25-3)10-8-15)20-21-19(23)26-14(2)18(24)22-12-5-6-13-22/h4,7-10,14H,1,5-6,11-13H2,2-3H3/t14-/m0/s1. The minimum atomic E-state index is -0.190. The van der Waals surface area contributed by atoms with Crippen LogP contribution in [0, 0.1) is 0 Å². The van der Waals surface area contributed by atoms with Crippen molar-refractivity contribution >= 4 is 17.7 Å². The number of carbonyl (C=O) groups excluding carboxylic acids is 1. The van der Waals surface area contributed by atoms with Gasteiger partial charge in [-0.25, -0.2) is 0 Å². The van der Waals surface area contributed by atoms with E-state index in [0.717, 1.165) is 48.2 Å². The Balaban J connectivity index is 1.81. The number of amides is 1. The van der Waals surface area contributed by atoms with Crippen LogP contribution in [0.3, 0.4) is 0 Å². The summed E-state index contributed by atoms with van der Waals surface area (Å²) in [5, 5.41) is 9.22. The minimum absolute atomic E-state index is 0.173. The van der Waals surface area contributed by atoms with E-state index in [-0.39, 0.29) is 11.2 Å². The molecule has 1 aliphatic heterocycles. The molecule has 6 nitrogen and oxygen atoms in total. The van der Waals surface area contributed by atoms with E-state index in [0.29, 0.717) is 6.54 Å². The van der Waals surface area contributed by atoms with E-state index in [2.05, 4.69) is 16.8 Å². The smallest absolute Gasteiger partial charge is 0.235 e. The Morgan fingerprint density at radius 2 is 2.00 bits per heavy atom. The first kappa shape index (κ1) is 18.5. The Hall–Kier alpha value is -2.28. The molecule has 3 rings (SSSR count). The monoisotopic (exact) mass is 372 g/mol. The predicted molar refractivity (Wildman–Crippen MR) is 103 cm³/mol. The summed E-state index contributed by atoms with van der Waals surface area (Å²) in [6.45, 7) is 8.08. The lowest BCUT2D eigenvalue weighted by atomic mass is 10.2.